The van der Waals surface area contributed by atoms with E-state index in [0.29, 0.717) is 16.6 Å². The highest BCUT2D eigenvalue weighted by Crippen LogP contribution is 2.38. The number of carbonyl (C=O) groups excluding carboxylic acids is 2. The average Bonchev–Trinajstić information content (AvgIpc) is 2.64. The van der Waals surface area contributed by atoms with E-state index in [9.17, 15) is 9.59 Å². The fourth-order valence-corrected chi connectivity index (χ4v) is 4.66. The maximum Gasteiger partial charge on any atom is 0.445 e. The molecule has 7 heteroatoms. The van der Waals surface area contributed by atoms with Crippen molar-refractivity contribution in [2.45, 2.75) is 25.5 Å². The molecule has 0 aromatic heterocycles. The van der Waals surface area contributed by atoms with E-state index in [4.69, 9.17) is 11.6 Å². The quantitative estimate of drug-likeness (QED) is 0.715. The van der Waals surface area contributed by atoms with Gasteiger partial charge in [0, 0.05) is 15.7 Å². The van der Waals surface area contributed by atoms with Gasteiger partial charge >= 0.3 is 11.9 Å². The maximum absolute atomic E-state index is 12.9. The van der Waals surface area contributed by atoms with Crippen LogP contribution in [0.2, 0.25) is 5.02 Å². The number of hydrogen-bond acceptors (Lipinski definition) is 4. The van der Waals surface area contributed by atoms with E-state index in [-0.39, 0.29) is 11.9 Å². The van der Waals surface area contributed by atoms with Gasteiger partial charge in [-0.15, -0.1) is 16.8 Å². The van der Waals surface area contributed by atoms with Crippen LogP contribution < -0.4 is 0 Å². The van der Waals surface area contributed by atoms with Crippen LogP contribution in [0.15, 0.2) is 39.7 Å². The molecule has 2 aliphatic heterocycles. The number of thioether (sulfide) groups is 1. The summed E-state index contributed by atoms with van der Waals surface area (Å²) in [6, 6.07) is 7.35. The number of rotatable bonds is 5. The zero-order chi connectivity index (χ0) is 18.8. The highest BCUT2D eigenvalue weighted by molar-refractivity contribution is 8.02. The zero-order valence-corrected chi connectivity index (χ0v) is 16.6. The second-order valence-corrected chi connectivity index (χ2v) is 7.73. The van der Waals surface area contributed by atoms with Crippen molar-refractivity contribution in [2.75, 3.05) is 14.1 Å². The molecular weight excluding hydrogens is 370 g/mol. The molecule has 1 aromatic carbocycles. The highest BCUT2D eigenvalue weighted by Gasteiger charge is 2.48. The summed E-state index contributed by atoms with van der Waals surface area (Å²) >= 11 is 7.89. The van der Waals surface area contributed by atoms with Crippen molar-refractivity contribution < 1.29 is 14.2 Å². The van der Waals surface area contributed by atoms with Crippen molar-refractivity contribution in [3.05, 3.63) is 45.3 Å². The summed E-state index contributed by atoms with van der Waals surface area (Å²) in [5.41, 5.74) is 2.08. The number of carbonyl (C=O) groups is 2. The molecule has 2 aliphatic rings. The average molecular weight is 391 g/mol. The Morgan fingerprint density at radius 1 is 1.31 bits per heavy atom. The predicted octanol–water partition coefficient (Wildman–Crippen LogP) is 3.96. The van der Waals surface area contributed by atoms with E-state index in [0.717, 1.165) is 28.9 Å². The Balaban J connectivity index is 2.00. The molecule has 0 bridgehead atoms. The lowest BCUT2D eigenvalue weighted by atomic mass is 9.96. The highest BCUT2D eigenvalue weighted by atomic mass is 35.5. The van der Waals surface area contributed by atoms with Gasteiger partial charge < -0.3 is 0 Å². The number of amidine groups is 1. The van der Waals surface area contributed by atoms with Gasteiger partial charge in [0.1, 0.15) is 6.21 Å². The fraction of sp³-hybridized carbons (Fsp3) is 0.368. The number of fused-ring (bicyclic) bond motifs is 1. The maximum atomic E-state index is 12.9. The molecule has 0 aliphatic carbocycles. The number of halogens is 1. The van der Waals surface area contributed by atoms with E-state index >= 15 is 0 Å². The minimum absolute atomic E-state index is 0.227. The van der Waals surface area contributed by atoms with Gasteiger partial charge in [0.05, 0.1) is 14.1 Å². The monoisotopic (exact) mass is 390 g/mol. The van der Waals surface area contributed by atoms with E-state index in [1.165, 1.54) is 16.5 Å². The third kappa shape index (κ3) is 3.35. The van der Waals surface area contributed by atoms with Crippen LogP contribution in [-0.4, -0.2) is 47.6 Å². The number of nitrogens with zero attached hydrogens (tertiary/aromatic N) is 3. The molecule has 1 atom stereocenters. The number of imide groups is 1. The number of benzene rings is 1. The number of dihydropyridines is 1. The van der Waals surface area contributed by atoms with Gasteiger partial charge in [-0.1, -0.05) is 43.1 Å². The predicted molar refractivity (Wildman–Crippen MR) is 106 cm³/mol. The van der Waals surface area contributed by atoms with E-state index in [2.05, 4.69) is 11.9 Å². The topological polar surface area (TPSA) is 52.8 Å². The van der Waals surface area contributed by atoms with Gasteiger partial charge in [0.15, 0.2) is 5.92 Å². The van der Waals surface area contributed by atoms with Crippen LogP contribution >= 0.6 is 23.4 Å². The van der Waals surface area contributed by atoms with Gasteiger partial charge in [0.25, 0.3) is 5.84 Å². The van der Waals surface area contributed by atoms with Gasteiger partial charge in [-0.05, 0) is 23.6 Å². The molecule has 3 rings (SSSR count). The zero-order valence-electron chi connectivity index (χ0n) is 15.0. The lowest BCUT2D eigenvalue weighted by Crippen LogP contribution is -2.52. The third-order valence-electron chi connectivity index (χ3n) is 4.54. The van der Waals surface area contributed by atoms with Crippen molar-refractivity contribution in [3.63, 3.8) is 0 Å². The summed E-state index contributed by atoms with van der Waals surface area (Å²) in [5, 5.41) is 0.714. The summed E-state index contributed by atoms with van der Waals surface area (Å²) in [5.74, 6) is 0.408. The Kier molecular flexibility index (Phi) is 5.63. The molecule has 0 fully saturated rings. The molecule has 3 amide bonds. The fourth-order valence-electron chi connectivity index (χ4n) is 3.10. The summed E-state index contributed by atoms with van der Waals surface area (Å²) in [6.45, 7) is 2.10. The number of aliphatic imine (C=N–C) groups is 1. The Bertz CT molecular complexity index is 860. The lowest BCUT2D eigenvalue weighted by Gasteiger charge is -2.28. The molecule has 0 radical (unpaired) electrons. The van der Waals surface area contributed by atoms with Crippen LogP contribution in [-0.2, 0) is 10.5 Å². The summed E-state index contributed by atoms with van der Waals surface area (Å²) in [6.07, 6.45) is 3.60. The molecule has 0 spiro atoms. The van der Waals surface area contributed by atoms with Crippen LogP contribution in [0.3, 0.4) is 0 Å². The third-order valence-corrected chi connectivity index (χ3v) is 6.18. The van der Waals surface area contributed by atoms with Crippen LogP contribution in [0.4, 0.5) is 4.79 Å². The smallest absolute Gasteiger partial charge is 0.255 e. The molecule has 0 N–H and O–H groups in total. The SMILES string of the molecule is CCCC1=C(SCc2ccccc2Cl)C2C(=O)N(C)C(=O)[N+](C)=C2N=C1. The minimum Gasteiger partial charge on any atom is -0.255 e. The van der Waals surface area contributed by atoms with Crippen LogP contribution in [0.1, 0.15) is 25.3 Å². The normalized spacial score (nSPS) is 20.2. The molecule has 26 heavy (non-hydrogen) atoms. The van der Waals surface area contributed by atoms with Crippen LogP contribution in [0.25, 0.3) is 0 Å². The molecule has 1 unspecified atom stereocenters. The molecule has 1 aromatic rings. The second-order valence-electron chi connectivity index (χ2n) is 6.31. The second kappa shape index (κ2) is 7.76. The molecule has 136 valence electrons. The number of amides is 3. The first-order valence-electron chi connectivity index (χ1n) is 8.51. The number of urea groups is 1. The van der Waals surface area contributed by atoms with Gasteiger partial charge in [-0.25, -0.2) is 4.79 Å². The largest absolute Gasteiger partial charge is 0.445 e. The number of hydrogen-bond donors (Lipinski definition) is 0. The van der Waals surface area contributed by atoms with E-state index in [1.807, 2.05) is 24.3 Å². The van der Waals surface area contributed by atoms with Crippen molar-refractivity contribution in [3.8, 4) is 0 Å². The lowest BCUT2D eigenvalue weighted by molar-refractivity contribution is -0.407. The molecule has 0 saturated carbocycles. The molecular formula is C19H21ClN3O2S+. The van der Waals surface area contributed by atoms with Crippen LogP contribution in [0.5, 0.6) is 0 Å². The number of allylic oxidation sites excluding steroid dienone is 1. The van der Waals surface area contributed by atoms with E-state index in [1.54, 1.807) is 25.0 Å². The van der Waals surface area contributed by atoms with Crippen LogP contribution in [0, 0.1) is 5.92 Å². The first-order valence-corrected chi connectivity index (χ1v) is 9.87. The van der Waals surface area contributed by atoms with Gasteiger partial charge in [-0.3, -0.25) is 4.79 Å². The van der Waals surface area contributed by atoms with Crippen molar-refractivity contribution >= 4 is 47.4 Å². The molecule has 5 nitrogen and oxygen atoms in total. The van der Waals surface area contributed by atoms with Crippen molar-refractivity contribution in [2.24, 2.45) is 10.9 Å². The first kappa shape index (κ1) is 18.9. The summed E-state index contributed by atoms with van der Waals surface area (Å²) in [7, 11) is 3.18. The first-order chi connectivity index (χ1) is 12.5. The molecule has 0 saturated heterocycles. The Labute approximate surface area is 162 Å². The minimum atomic E-state index is -0.526. The van der Waals surface area contributed by atoms with Crippen molar-refractivity contribution in [1.82, 2.24) is 4.90 Å². The molecule has 2 heterocycles. The van der Waals surface area contributed by atoms with Gasteiger partial charge in [-0.2, -0.15) is 9.48 Å². The summed E-state index contributed by atoms with van der Waals surface area (Å²) < 4.78 is 1.46. The Morgan fingerprint density at radius 2 is 2.04 bits per heavy atom. The Morgan fingerprint density at radius 3 is 2.73 bits per heavy atom. The standard InChI is InChI=1S/C19H21ClN3O2S/c1-4-7-12-10-21-17-15(18(24)23(3)19(25)22(17)2)16(12)26-11-13-8-5-6-9-14(13)20/h5-6,8-10,15H,4,7,11H2,1-3H3/q+1. The summed E-state index contributed by atoms with van der Waals surface area (Å²) in [4.78, 5) is 31.7. The van der Waals surface area contributed by atoms with E-state index < -0.39 is 5.92 Å². The van der Waals surface area contributed by atoms with Crippen molar-refractivity contribution in [1.29, 1.82) is 0 Å². The van der Waals surface area contributed by atoms with Gasteiger partial charge in [0.2, 0.25) is 0 Å². The Hall–Kier alpha value is -1.92.